The molecule has 6 atom stereocenters. The van der Waals surface area contributed by atoms with Crippen LogP contribution in [0.5, 0.6) is 5.75 Å². The predicted molar refractivity (Wildman–Crippen MR) is 165 cm³/mol. The van der Waals surface area contributed by atoms with Crippen molar-refractivity contribution in [1.82, 2.24) is 0 Å². The Kier molecular flexibility index (Phi) is 7.89. The monoisotopic (exact) mass is 600 g/mol. The van der Waals surface area contributed by atoms with Crippen LogP contribution in [0.3, 0.4) is 0 Å². The maximum absolute atomic E-state index is 14.5. The van der Waals surface area contributed by atoms with Crippen LogP contribution in [0.4, 0.5) is 0 Å². The highest BCUT2D eigenvalue weighted by molar-refractivity contribution is 6.32. The van der Waals surface area contributed by atoms with Gasteiger partial charge in [0.2, 0.25) is 0 Å². The zero-order valence-electron chi connectivity index (χ0n) is 26.8. The van der Waals surface area contributed by atoms with Gasteiger partial charge in [0.1, 0.15) is 17.5 Å². The number of rotatable bonds is 7. The van der Waals surface area contributed by atoms with Gasteiger partial charge in [0.15, 0.2) is 28.7 Å². The van der Waals surface area contributed by atoms with Gasteiger partial charge in [-0.1, -0.05) is 77.9 Å². The number of aryl methyl sites for hydroxylation is 2. The summed E-state index contributed by atoms with van der Waals surface area (Å²) < 4.78 is 0. The Bertz CT molecular complexity index is 1570. The third-order valence-electron chi connectivity index (χ3n) is 10.9. The molecule has 7 heteroatoms. The SMILES string of the molecule is CC(=O)C1C(=O)C(C(C)C)[C@@]2(C)C[C@@]3(C)Cc4c(C(C)C)cc(CCCc5ccccc5)c(O)c4C(=O)C3C(=O)[C@@]2(O)C1=O. The van der Waals surface area contributed by atoms with Crippen molar-refractivity contribution in [3.05, 3.63) is 64.2 Å². The molecule has 2 aromatic carbocycles. The van der Waals surface area contributed by atoms with Gasteiger partial charge in [-0.15, -0.1) is 0 Å². The lowest BCUT2D eigenvalue weighted by atomic mass is 9.39. The van der Waals surface area contributed by atoms with E-state index < -0.39 is 63.1 Å². The molecule has 44 heavy (non-hydrogen) atoms. The average molecular weight is 601 g/mol. The van der Waals surface area contributed by atoms with Crippen LogP contribution in [0.25, 0.3) is 0 Å². The summed E-state index contributed by atoms with van der Waals surface area (Å²) in [4.78, 5) is 69.2. The highest BCUT2D eigenvalue weighted by Crippen LogP contribution is 2.64. The van der Waals surface area contributed by atoms with Gasteiger partial charge in [0, 0.05) is 11.3 Å². The topological polar surface area (TPSA) is 126 Å². The maximum Gasteiger partial charge on any atom is 0.190 e. The number of aliphatic hydroxyl groups is 1. The number of benzene rings is 2. The molecule has 234 valence electrons. The number of hydrogen-bond donors (Lipinski definition) is 2. The fourth-order valence-electron chi connectivity index (χ4n) is 9.12. The fourth-order valence-corrected chi connectivity index (χ4v) is 9.12. The summed E-state index contributed by atoms with van der Waals surface area (Å²) >= 11 is 0. The number of carbonyl (C=O) groups excluding carboxylic acids is 5. The Morgan fingerprint density at radius 3 is 2.18 bits per heavy atom. The molecule has 3 unspecified atom stereocenters. The van der Waals surface area contributed by atoms with Gasteiger partial charge in [-0.05, 0) is 78.5 Å². The summed E-state index contributed by atoms with van der Waals surface area (Å²) in [5.41, 5.74) is -1.72. The molecule has 0 bridgehead atoms. The van der Waals surface area contributed by atoms with Crippen LogP contribution in [0.2, 0.25) is 0 Å². The Hall–Kier alpha value is -3.45. The number of carbonyl (C=O) groups is 5. The average Bonchev–Trinajstić information content (AvgIpc) is 2.92. The van der Waals surface area contributed by atoms with E-state index in [-0.39, 0.29) is 36.0 Å². The number of phenolic OH excluding ortho intramolecular Hbond substituents is 1. The first-order valence-electron chi connectivity index (χ1n) is 15.8. The highest BCUT2D eigenvalue weighted by atomic mass is 16.3. The van der Waals surface area contributed by atoms with E-state index in [4.69, 9.17) is 0 Å². The van der Waals surface area contributed by atoms with Crippen molar-refractivity contribution in [2.75, 3.05) is 0 Å². The van der Waals surface area contributed by atoms with E-state index in [1.807, 2.05) is 57.2 Å². The van der Waals surface area contributed by atoms with Crippen LogP contribution < -0.4 is 0 Å². The third kappa shape index (κ3) is 4.45. The van der Waals surface area contributed by atoms with Crippen molar-refractivity contribution in [2.24, 2.45) is 34.5 Å². The van der Waals surface area contributed by atoms with Crippen LogP contribution in [-0.4, -0.2) is 44.7 Å². The van der Waals surface area contributed by atoms with E-state index in [0.717, 1.165) is 25.3 Å². The molecule has 7 nitrogen and oxygen atoms in total. The molecular weight excluding hydrogens is 556 g/mol. The van der Waals surface area contributed by atoms with E-state index in [1.165, 1.54) is 5.56 Å². The lowest BCUT2D eigenvalue weighted by Gasteiger charge is -2.62. The van der Waals surface area contributed by atoms with Gasteiger partial charge < -0.3 is 10.2 Å². The van der Waals surface area contributed by atoms with Gasteiger partial charge >= 0.3 is 0 Å². The van der Waals surface area contributed by atoms with Crippen molar-refractivity contribution in [3.8, 4) is 5.75 Å². The van der Waals surface area contributed by atoms with Gasteiger partial charge in [-0.2, -0.15) is 0 Å². The van der Waals surface area contributed by atoms with Crippen molar-refractivity contribution >= 4 is 28.9 Å². The summed E-state index contributed by atoms with van der Waals surface area (Å²) in [6.45, 7) is 12.2. The molecule has 2 saturated carbocycles. The van der Waals surface area contributed by atoms with E-state index in [9.17, 15) is 34.2 Å². The van der Waals surface area contributed by atoms with Gasteiger partial charge in [-0.3, -0.25) is 24.0 Å². The standard InChI is InChI=1S/C37H44O7/c1-19(2)24-16-23(15-11-14-22-12-9-8-10-13-22)30(39)27-25(24)17-35(6)18-36(7)28(20(3)4)31(40)26(21(5)38)33(42)37(36,44)34(43)29(35)32(27)41/h8-10,12-13,16,19-20,26,28-29,39,44H,11,14-15,17-18H2,1-7H3/t26?,28?,29?,35-,36-,37+/m1/s1. The lowest BCUT2D eigenvalue weighted by Crippen LogP contribution is -2.76. The number of hydrogen-bond acceptors (Lipinski definition) is 7. The second-order valence-corrected chi connectivity index (χ2v) is 14.6. The molecule has 0 saturated heterocycles. The molecule has 3 aliphatic carbocycles. The first kappa shape index (κ1) is 32.0. The van der Waals surface area contributed by atoms with Gasteiger partial charge in [0.05, 0.1) is 11.5 Å². The first-order valence-corrected chi connectivity index (χ1v) is 15.8. The van der Waals surface area contributed by atoms with E-state index in [1.54, 1.807) is 20.8 Å². The molecule has 0 amide bonds. The second-order valence-electron chi connectivity index (χ2n) is 14.6. The molecule has 5 rings (SSSR count). The summed E-state index contributed by atoms with van der Waals surface area (Å²) in [6, 6.07) is 12.0. The Labute approximate surface area is 259 Å². The number of aromatic hydroxyl groups is 1. The summed E-state index contributed by atoms with van der Waals surface area (Å²) in [5.74, 6) is -8.58. The van der Waals surface area contributed by atoms with Crippen LogP contribution >= 0.6 is 0 Å². The minimum Gasteiger partial charge on any atom is -0.507 e. The second kappa shape index (κ2) is 10.9. The van der Waals surface area contributed by atoms with Crippen LogP contribution in [0, 0.1) is 34.5 Å². The Morgan fingerprint density at radius 2 is 1.61 bits per heavy atom. The van der Waals surface area contributed by atoms with E-state index in [2.05, 4.69) is 0 Å². The minimum atomic E-state index is -2.69. The maximum atomic E-state index is 14.5. The molecule has 3 aliphatic rings. The first-order chi connectivity index (χ1) is 20.5. The van der Waals surface area contributed by atoms with E-state index >= 15 is 0 Å². The summed E-state index contributed by atoms with van der Waals surface area (Å²) in [6.07, 6.45) is 2.38. The van der Waals surface area contributed by atoms with Crippen LogP contribution in [0.1, 0.15) is 99.8 Å². The van der Waals surface area contributed by atoms with Gasteiger partial charge in [-0.25, -0.2) is 0 Å². The molecule has 0 radical (unpaired) electrons. The largest absolute Gasteiger partial charge is 0.507 e. The molecule has 2 aromatic rings. The zero-order valence-corrected chi connectivity index (χ0v) is 26.8. The zero-order chi connectivity index (χ0) is 32.5. The lowest BCUT2D eigenvalue weighted by molar-refractivity contribution is -0.205. The summed E-state index contributed by atoms with van der Waals surface area (Å²) in [7, 11) is 0. The van der Waals surface area contributed by atoms with Crippen molar-refractivity contribution < 1.29 is 34.2 Å². The summed E-state index contributed by atoms with van der Waals surface area (Å²) in [5, 5.41) is 23.8. The molecule has 2 fully saturated rings. The minimum absolute atomic E-state index is 0.0227. The number of fused-ring (bicyclic) bond motifs is 3. The number of Topliss-reactive ketones (excluding diaryl/α,β-unsaturated/α-hetero) is 5. The number of phenols is 1. The molecular formula is C37H44O7. The molecule has 0 aliphatic heterocycles. The molecule has 0 heterocycles. The van der Waals surface area contributed by atoms with Crippen molar-refractivity contribution in [1.29, 1.82) is 0 Å². The van der Waals surface area contributed by atoms with E-state index in [0.29, 0.717) is 17.5 Å². The molecule has 0 aromatic heterocycles. The quantitative estimate of drug-likeness (QED) is 0.408. The molecule has 0 spiro atoms. The normalized spacial score (nSPS) is 31.6. The smallest absolute Gasteiger partial charge is 0.190 e. The Morgan fingerprint density at radius 1 is 0.977 bits per heavy atom. The van der Waals surface area contributed by atoms with Crippen molar-refractivity contribution in [3.63, 3.8) is 0 Å². The van der Waals surface area contributed by atoms with Crippen molar-refractivity contribution in [2.45, 2.75) is 92.1 Å². The van der Waals surface area contributed by atoms with Gasteiger partial charge in [0.25, 0.3) is 0 Å². The highest BCUT2D eigenvalue weighted by Gasteiger charge is 2.76. The number of ketones is 5. The molecule has 2 N–H and O–H groups in total. The Balaban J connectivity index is 1.63. The van der Waals surface area contributed by atoms with Crippen LogP contribution in [0.15, 0.2) is 36.4 Å². The predicted octanol–water partition coefficient (Wildman–Crippen LogP) is 5.39. The fraction of sp³-hybridized carbons (Fsp3) is 0.541. The third-order valence-corrected chi connectivity index (χ3v) is 10.9. The van der Waals surface area contributed by atoms with Crippen LogP contribution in [-0.2, 0) is 38.4 Å².